The van der Waals surface area contributed by atoms with Crippen molar-refractivity contribution in [2.75, 3.05) is 25.3 Å². The maximum absolute atomic E-state index is 12.0. The van der Waals surface area contributed by atoms with E-state index in [1.165, 1.54) is 11.8 Å². The number of aryl methyl sites for hydroxylation is 1. The van der Waals surface area contributed by atoms with Gasteiger partial charge in [-0.2, -0.15) is 0 Å². The molecule has 112 valence electrons. The summed E-state index contributed by atoms with van der Waals surface area (Å²) in [6.45, 7) is 0. The summed E-state index contributed by atoms with van der Waals surface area (Å²) in [5.41, 5.74) is 0.599. The molecule has 0 radical (unpaired) electrons. The predicted molar refractivity (Wildman–Crippen MR) is 79.9 cm³/mol. The third kappa shape index (κ3) is 3.88. The van der Waals surface area contributed by atoms with Gasteiger partial charge in [-0.05, 0) is 12.1 Å². The fourth-order valence-corrected chi connectivity index (χ4v) is 2.31. The largest absolute Gasteiger partial charge is 0.497 e. The van der Waals surface area contributed by atoms with Gasteiger partial charge in [0.2, 0.25) is 5.91 Å². The van der Waals surface area contributed by atoms with Crippen molar-refractivity contribution in [2.24, 2.45) is 7.05 Å². The van der Waals surface area contributed by atoms with Crippen molar-refractivity contribution in [3.05, 3.63) is 24.5 Å². The van der Waals surface area contributed by atoms with E-state index in [0.29, 0.717) is 22.3 Å². The molecule has 0 bridgehead atoms. The monoisotopic (exact) mass is 308 g/mol. The SMILES string of the molecule is COc1ccc(NC(=O)CSc2nncn2C)c(OC)c1. The second-order valence-electron chi connectivity index (χ2n) is 4.13. The molecule has 7 nitrogen and oxygen atoms in total. The average molecular weight is 308 g/mol. The van der Waals surface area contributed by atoms with Crippen LogP contribution in [-0.2, 0) is 11.8 Å². The number of hydrogen-bond donors (Lipinski definition) is 1. The Hall–Kier alpha value is -2.22. The maximum Gasteiger partial charge on any atom is 0.234 e. The van der Waals surface area contributed by atoms with Crippen LogP contribution in [0.5, 0.6) is 11.5 Å². The third-order valence-electron chi connectivity index (χ3n) is 2.68. The molecule has 0 saturated heterocycles. The Morgan fingerprint density at radius 2 is 2.19 bits per heavy atom. The van der Waals surface area contributed by atoms with Gasteiger partial charge in [-0.15, -0.1) is 10.2 Å². The van der Waals surface area contributed by atoms with Crippen LogP contribution in [-0.4, -0.2) is 40.6 Å². The Bertz CT molecular complexity index is 630. The molecule has 1 aromatic carbocycles. The number of aromatic nitrogens is 3. The number of ether oxygens (including phenoxy) is 2. The van der Waals surface area contributed by atoms with Crippen LogP contribution >= 0.6 is 11.8 Å². The van der Waals surface area contributed by atoms with Crippen LogP contribution in [0.3, 0.4) is 0 Å². The van der Waals surface area contributed by atoms with Gasteiger partial charge < -0.3 is 19.4 Å². The van der Waals surface area contributed by atoms with Crippen LogP contribution in [0.1, 0.15) is 0 Å². The summed E-state index contributed by atoms with van der Waals surface area (Å²) in [5.74, 6) is 1.30. The van der Waals surface area contributed by atoms with Crippen LogP contribution in [0, 0.1) is 0 Å². The predicted octanol–water partition coefficient (Wildman–Crippen LogP) is 1.56. The highest BCUT2D eigenvalue weighted by atomic mass is 32.2. The topological polar surface area (TPSA) is 78.3 Å². The molecule has 21 heavy (non-hydrogen) atoms. The molecule has 2 rings (SSSR count). The lowest BCUT2D eigenvalue weighted by molar-refractivity contribution is -0.113. The van der Waals surface area contributed by atoms with Crippen molar-refractivity contribution in [3.63, 3.8) is 0 Å². The van der Waals surface area contributed by atoms with Crippen molar-refractivity contribution in [1.82, 2.24) is 14.8 Å². The van der Waals surface area contributed by atoms with Gasteiger partial charge >= 0.3 is 0 Å². The Kier molecular flexibility index (Phi) is 5.04. The lowest BCUT2D eigenvalue weighted by Crippen LogP contribution is -2.15. The zero-order valence-electron chi connectivity index (χ0n) is 12.0. The smallest absolute Gasteiger partial charge is 0.234 e. The molecule has 0 aliphatic rings. The molecule has 0 unspecified atom stereocenters. The minimum atomic E-state index is -0.147. The van der Waals surface area contributed by atoms with E-state index in [4.69, 9.17) is 9.47 Å². The van der Waals surface area contributed by atoms with E-state index in [1.54, 1.807) is 43.3 Å². The molecule has 1 heterocycles. The number of carbonyl (C=O) groups is 1. The molecule has 1 amide bonds. The molecule has 0 fully saturated rings. The van der Waals surface area contributed by atoms with E-state index in [2.05, 4.69) is 15.5 Å². The average Bonchev–Trinajstić information content (AvgIpc) is 2.91. The molecule has 0 aliphatic carbocycles. The van der Waals surface area contributed by atoms with Crippen molar-refractivity contribution >= 4 is 23.4 Å². The zero-order valence-corrected chi connectivity index (χ0v) is 12.8. The van der Waals surface area contributed by atoms with E-state index in [9.17, 15) is 4.79 Å². The second kappa shape index (κ2) is 6.98. The summed E-state index contributed by atoms with van der Waals surface area (Å²) in [4.78, 5) is 12.0. The van der Waals surface area contributed by atoms with E-state index in [0.717, 1.165) is 0 Å². The van der Waals surface area contributed by atoms with Gasteiger partial charge in [0.1, 0.15) is 17.8 Å². The van der Waals surface area contributed by atoms with Crippen molar-refractivity contribution in [1.29, 1.82) is 0 Å². The Balaban J connectivity index is 1.97. The van der Waals surface area contributed by atoms with Gasteiger partial charge in [-0.3, -0.25) is 4.79 Å². The number of anilines is 1. The quantitative estimate of drug-likeness (QED) is 0.816. The first-order valence-electron chi connectivity index (χ1n) is 6.12. The summed E-state index contributed by atoms with van der Waals surface area (Å²) < 4.78 is 12.1. The highest BCUT2D eigenvalue weighted by molar-refractivity contribution is 7.99. The number of thioether (sulfide) groups is 1. The van der Waals surface area contributed by atoms with Gasteiger partial charge in [0, 0.05) is 13.1 Å². The molecule has 0 aliphatic heterocycles. The number of carbonyl (C=O) groups excluding carboxylic acids is 1. The number of amides is 1. The Labute approximate surface area is 126 Å². The number of nitrogens with one attached hydrogen (secondary N) is 1. The number of methoxy groups -OCH3 is 2. The standard InChI is InChI=1S/C13H16N4O3S/c1-17-8-14-16-13(17)21-7-12(18)15-10-5-4-9(19-2)6-11(10)20-3/h4-6,8H,7H2,1-3H3,(H,15,18). The van der Waals surface area contributed by atoms with Gasteiger partial charge in [-0.25, -0.2) is 0 Å². The minimum absolute atomic E-state index is 0.147. The molecular weight excluding hydrogens is 292 g/mol. The van der Waals surface area contributed by atoms with Crippen molar-refractivity contribution in [3.8, 4) is 11.5 Å². The first-order chi connectivity index (χ1) is 10.1. The highest BCUT2D eigenvalue weighted by Gasteiger charge is 2.11. The molecule has 2 aromatic rings. The highest BCUT2D eigenvalue weighted by Crippen LogP contribution is 2.29. The van der Waals surface area contributed by atoms with Crippen LogP contribution in [0.25, 0.3) is 0 Å². The number of hydrogen-bond acceptors (Lipinski definition) is 6. The van der Waals surface area contributed by atoms with Crippen molar-refractivity contribution in [2.45, 2.75) is 5.16 Å². The second-order valence-corrected chi connectivity index (χ2v) is 5.07. The molecule has 8 heteroatoms. The van der Waals surface area contributed by atoms with E-state index >= 15 is 0 Å². The lowest BCUT2D eigenvalue weighted by atomic mass is 10.2. The van der Waals surface area contributed by atoms with E-state index in [-0.39, 0.29) is 11.7 Å². The molecule has 0 atom stereocenters. The Morgan fingerprint density at radius 1 is 1.38 bits per heavy atom. The summed E-state index contributed by atoms with van der Waals surface area (Å²) >= 11 is 1.31. The molecule has 1 N–H and O–H groups in total. The third-order valence-corrected chi connectivity index (χ3v) is 3.72. The van der Waals surface area contributed by atoms with Crippen LogP contribution in [0.2, 0.25) is 0 Å². The molecule has 1 aromatic heterocycles. The summed E-state index contributed by atoms with van der Waals surface area (Å²) in [5, 5.41) is 11.1. The zero-order chi connectivity index (χ0) is 15.2. The maximum atomic E-state index is 12.0. The van der Waals surface area contributed by atoms with E-state index < -0.39 is 0 Å². The fraction of sp³-hybridized carbons (Fsp3) is 0.308. The van der Waals surface area contributed by atoms with Crippen molar-refractivity contribution < 1.29 is 14.3 Å². The summed E-state index contributed by atoms with van der Waals surface area (Å²) in [6, 6.07) is 5.21. The summed E-state index contributed by atoms with van der Waals surface area (Å²) in [6.07, 6.45) is 1.59. The summed E-state index contributed by atoms with van der Waals surface area (Å²) in [7, 11) is 4.94. The number of rotatable bonds is 6. The fourth-order valence-electron chi connectivity index (χ4n) is 1.62. The van der Waals surface area contributed by atoms with Gasteiger partial charge in [0.15, 0.2) is 5.16 Å². The first-order valence-corrected chi connectivity index (χ1v) is 7.11. The van der Waals surface area contributed by atoms with Crippen LogP contribution in [0.4, 0.5) is 5.69 Å². The molecule has 0 saturated carbocycles. The van der Waals surface area contributed by atoms with Gasteiger partial charge in [-0.1, -0.05) is 11.8 Å². The van der Waals surface area contributed by atoms with Gasteiger partial charge in [0.05, 0.1) is 25.7 Å². The van der Waals surface area contributed by atoms with Gasteiger partial charge in [0.25, 0.3) is 0 Å². The van der Waals surface area contributed by atoms with E-state index in [1.807, 2.05) is 7.05 Å². The minimum Gasteiger partial charge on any atom is -0.497 e. The number of nitrogens with zero attached hydrogens (tertiary/aromatic N) is 3. The normalized spacial score (nSPS) is 10.2. The number of benzene rings is 1. The first kappa shape index (κ1) is 15.2. The van der Waals surface area contributed by atoms with Crippen LogP contribution < -0.4 is 14.8 Å². The Morgan fingerprint density at radius 3 is 2.81 bits per heavy atom. The molecular formula is C13H16N4O3S. The molecule has 0 spiro atoms. The lowest BCUT2D eigenvalue weighted by Gasteiger charge is -2.11. The van der Waals surface area contributed by atoms with Crippen LogP contribution in [0.15, 0.2) is 29.7 Å².